The van der Waals surface area contributed by atoms with Gasteiger partial charge < -0.3 is 4.90 Å². The van der Waals surface area contributed by atoms with Gasteiger partial charge in [-0.25, -0.2) is 13.9 Å². The quantitative estimate of drug-likeness (QED) is 0.469. The number of carbonyl (C=O) groups is 1. The van der Waals surface area contributed by atoms with Gasteiger partial charge in [-0.05, 0) is 49.7 Å². The fraction of sp³-hybridized carbons (Fsp3) is 0.292. The van der Waals surface area contributed by atoms with Gasteiger partial charge >= 0.3 is 0 Å². The summed E-state index contributed by atoms with van der Waals surface area (Å²) >= 11 is 1.69. The summed E-state index contributed by atoms with van der Waals surface area (Å²) in [4.78, 5) is 24.2. The number of carbonyl (C=O) groups excluding carboxylic acids is 1. The molecule has 1 saturated heterocycles. The van der Waals surface area contributed by atoms with Gasteiger partial charge in [-0.2, -0.15) is 5.10 Å². The zero-order valence-corrected chi connectivity index (χ0v) is 18.9. The van der Waals surface area contributed by atoms with Gasteiger partial charge in [0, 0.05) is 53.9 Å². The van der Waals surface area contributed by atoms with Crippen molar-refractivity contribution >= 4 is 22.9 Å². The van der Waals surface area contributed by atoms with Crippen molar-refractivity contribution in [1.29, 1.82) is 0 Å². The molecule has 8 heteroatoms. The number of halogens is 1. The predicted molar refractivity (Wildman–Crippen MR) is 123 cm³/mol. The summed E-state index contributed by atoms with van der Waals surface area (Å²) < 4.78 is 15.2. The number of hydrogen-bond donors (Lipinski definition) is 0. The molecule has 6 nitrogen and oxygen atoms in total. The number of thiophene rings is 1. The smallest absolute Gasteiger partial charge is 0.259 e. The molecule has 1 aliphatic heterocycles. The second kappa shape index (κ2) is 8.44. The highest BCUT2D eigenvalue weighted by Gasteiger charge is 2.25. The number of benzene rings is 1. The Labute approximate surface area is 189 Å². The van der Waals surface area contributed by atoms with E-state index in [2.05, 4.69) is 27.1 Å². The summed E-state index contributed by atoms with van der Waals surface area (Å²) in [7, 11) is 0. The molecule has 4 aromatic rings. The van der Waals surface area contributed by atoms with E-state index in [0.29, 0.717) is 24.3 Å². The summed E-state index contributed by atoms with van der Waals surface area (Å²) in [5.41, 5.74) is 3.93. The van der Waals surface area contributed by atoms with Gasteiger partial charge in [0.25, 0.3) is 5.91 Å². The van der Waals surface area contributed by atoms with Gasteiger partial charge in [0.1, 0.15) is 11.4 Å². The van der Waals surface area contributed by atoms with Crippen LogP contribution in [-0.2, 0) is 6.54 Å². The van der Waals surface area contributed by atoms with Crippen LogP contribution in [0.5, 0.6) is 0 Å². The Morgan fingerprint density at radius 1 is 1.09 bits per heavy atom. The summed E-state index contributed by atoms with van der Waals surface area (Å²) in [6.07, 6.45) is 1.63. The molecule has 5 rings (SSSR count). The normalized spacial score (nSPS) is 14.9. The van der Waals surface area contributed by atoms with E-state index in [9.17, 15) is 9.18 Å². The molecular formula is C24H24FN5OS. The van der Waals surface area contributed by atoms with Crippen LogP contribution in [0.1, 0.15) is 26.6 Å². The minimum Gasteiger partial charge on any atom is -0.336 e. The Morgan fingerprint density at radius 3 is 2.69 bits per heavy atom. The van der Waals surface area contributed by atoms with Crippen LogP contribution < -0.4 is 0 Å². The van der Waals surface area contributed by atoms with Crippen molar-refractivity contribution in [2.24, 2.45) is 0 Å². The first-order valence-electron chi connectivity index (χ1n) is 10.7. The molecular weight excluding hydrogens is 425 g/mol. The van der Waals surface area contributed by atoms with Crippen LogP contribution in [0, 0.1) is 19.7 Å². The van der Waals surface area contributed by atoms with E-state index in [-0.39, 0.29) is 11.7 Å². The summed E-state index contributed by atoms with van der Waals surface area (Å²) in [5, 5.41) is 4.35. The van der Waals surface area contributed by atoms with E-state index in [1.807, 2.05) is 30.9 Å². The SMILES string of the molecule is Cc1cc(C)n2ncc(C(=O)N3CCN(Cc4ccc(-c5cccc(F)c5)s4)CC3)c2n1. The van der Waals surface area contributed by atoms with Gasteiger partial charge in [0.15, 0.2) is 5.65 Å². The highest BCUT2D eigenvalue weighted by atomic mass is 32.1. The average Bonchev–Trinajstić information content (AvgIpc) is 3.41. The van der Waals surface area contributed by atoms with Crippen LogP contribution in [0.3, 0.4) is 0 Å². The third kappa shape index (κ3) is 4.03. The van der Waals surface area contributed by atoms with Gasteiger partial charge in [-0.3, -0.25) is 9.69 Å². The molecule has 32 heavy (non-hydrogen) atoms. The monoisotopic (exact) mass is 449 g/mol. The highest BCUT2D eigenvalue weighted by molar-refractivity contribution is 7.15. The number of piperazine rings is 1. The molecule has 1 aliphatic rings. The molecule has 3 aromatic heterocycles. The van der Waals surface area contributed by atoms with Crippen LogP contribution in [0.2, 0.25) is 0 Å². The van der Waals surface area contributed by atoms with E-state index < -0.39 is 0 Å². The Morgan fingerprint density at radius 2 is 1.91 bits per heavy atom. The van der Waals surface area contributed by atoms with Crippen LogP contribution in [0.4, 0.5) is 4.39 Å². The number of aryl methyl sites for hydroxylation is 2. The molecule has 164 valence electrons. The standard InChI is InChI=1S/C24H24FN5OS/c1-16-12-17(2)30-23(27-16)21(14-26-30)24(31)29-10-8-28(9-11-29)15-20-6-7-22(32-20)18-4-3-5-19(25)13-18/h3-7,12-14H,8-11,15H2,1-2H3. The Hall–Kier alpha value is -3.10. The molecule has 1 amide bonds. The van der Waals surface area contributed by atoms with Crippen LogP contribution in [-0.4, -0.2) is 56.5 Å². The molecule has 0 spiro atoms. The minimum atomic E-state index is -0.218. The minimum absolute atomic E-state index is 0.0123. The lowest BCUT2D eigenvalue weighted by atomic mass is 10.2. The fourth-order valence-corrected chi connectivity index (χ4v) is 5.23. The van der Waals surface area contributed by atoms with E-state index >= 15 is 0 Å². The molecule has 0 atom stereocenters. The van der Waals surface area contributed by atoms with Gasteiger partial charge in [0.05, 0.1) is 6.20 Å². The maximum Gasteiger partial charge on any atom is 0.259 e. The maximum absolute atomic E-state index is 13.5. The Balaban J connectivity index is 1.23. The first kappa shape index (κ1) is 20.8. The van der Waals surface area contributed by atoms with Gasteiger partial charge in [-0.1, -0.05) is 12.1 Å². The molecule has 1 aromatic carbocycles. The van der Waals surface area contributed by atoms with Crippen molar-refractivity contribution in [2.45, 2.75) is 20.4 Å². The summed E-state index contributed by atoms with van der Waals surface area (Å²) in [5.74, 6) is -0.230. The topological polar surface area (TPSA) is 53.7 Å². The van der Waals surface area contributed by atoms with E-state index in [0.717, 1.165) is 41.5 Å². The molecule has 0 unspecified atom stereocenters. The largest absolute Gasteiger partial charge is 0.336 e. The average molecular weight is 450 g/mol. The number of aromatic nitrogens is 3. The van der Waals surface area contributed by atoms with Crippen LogP contribution in [0.15, 0.2) is 48.7 Å². The number of nitrogens with zero attached hydrogens (tertiary/aromatic N) is 5. The maximum atomic E-state index is 13.5. The molecule has 0 radical (unpaired) electrons. The van der Waals surface area contributed by atoms with E-state index in [4.69, 9.17) is 0 Å². The lowest BCUT2D eigenvalue weighted by molar-refractivity contribution is 0.0631. The zero-order chi connectivity index (χ0) is 22.2. The second-order valence-corrected chi connectivity index (χ2v) is 9.35. The summed E-state index contributed by atoms with van der Waals surface area (Å²) in [6.45, 7) is 7.68. The van der Waals surface area contributed by atoms with Crippen LogP contribution in [0.25, 0.3) is 16.1 Å². The lowest BCUT2D eigenvalue weighted by Crippen LogP contribution is -2.48. The second-order valence-electron chi connectivity index (χ2n) is 8.18. The molecule has 1 fully saturated rings. The molecule has 0 saturated carbocycles. The molecule has 0 bridgehead atoms. The van der Waals surface area contributed by atoms with Crippen molar-refractivity contribution in [3.05, 3.63) is 76.3 Å². The molecule has 0 N–H and O–H groups in total. The third-order valence-corrected chi connectivity index (χ3v) is 6.94. The van der Waals surface area contributed by atoms with Crippen molar-refractivity contribution in [1.82, 2.24) is 24.4 Å². The van der Waals surface area contributed by atoms with E-state index in [1.165, 1.54) is 10.9 Å². The summed E-state index contributed by atoms with van der Waals surface area (Å²) in [6, 6.07) is 12.8. The van der Waals surface area contributed by atoms with Crippen molar-refractivity contribution < 1.29 is 9.18 Å². The zero-order valence-electron chi connectivity index (χ0n) is 18.1. The highest BCUT2D eigenvalue weighted by Crippen LogP contribution is 2.29. The van der Waals surface area contributed by atoms with Crippen LogP contribution >= 0.6 is 11.3 Å². The molecule has 0 aliphatic carbocycles. The number of hydrogen-bond acceptors (Lipinski definition) is 5. The van der Waals surface area contributed by atoms with Gasteiger partial charge in [-0.15, -0.1) is 11.3 Å². The number of amides is 1. The first-order valence-corrected chi connectivity index (χ1v) is 11.5. The predicted octanol–water partition coefficient (Wildman–Crippen LogP) is 4.17. The lowest BCUT2D eigenvalue weighted by Gasteiger charge is -2.34. The molecule has 4 heterocycles. The van der Waals surface area contributed by atoms with Crippen molar-refractivity contribution in [3.63, 3.8) is 0 Å². The number of rotatable bonds is 4. The fourth-order valence-electron chi connectivity index (χ4n) is 4.18. The third-order valence-electron chi connectivity index (χ3n) is 5.82. The van der Waals surface area contributed by atoms with Gasteiger partial charge in [0.2, 0.25) is 0 Å². The Bertz CT molecular complexity index is 1290. The van der Waals surface area contributed by atoms with Crippen molar-refractivity contribution in [2.75, 3.05) is 26.2 Å². The first-order chi connectivity index (χ1) is 15.5. The number of fused-ring (bicyclic) bond motifs is 1. The van der Waals surface area contributed by atoms with E-state index in [1.54, 1.807) is 34.2 Å². The Kier molecular flexibility index (Phi) is 5.48. The van der Waals surface area contributed by atoms with Crippen molar-refractivity contribution in [3.8, 4) is 10.4 Å².